The van der Waals surface area contributed by atoms with Gasteiger partial charge in [0.15, 0.2) is 5.69 Å². The van der Waals surface area contributed by atoms with Crippen molar-refractivity contribution in [1.29, 1.82) is 0 Å². The predicted octanol–water partition coefficient (Wildman–Crippen LogP) is 3.97. The molecule has 0 radical (unpaired) electrons. The van der Waals surface area contributed by atoms with Crippen LogP contribution in [-0.2, 0) is 19.8 Å². The Labute approximate surface area is 186 Å². The van der Waals surface area contributed by atoms with Crippen LogP contribution in [0.3, 0.4) is 0 Å². The number of nitrogens with zero attached hydrogens (tertiary/aromatic N) is 5. The molecule has 0 saturated carbocycles. The highest BCUT2D eigenvalue weighted by atomic mass is 35.5. The molecular weight excluding hydrogens is 451 g/mol. The third-order valence-electron chi connectivity index (χ3n) is 4.16. The lowest BCUT2D eigenvalue weighted by molar-refractivity contribution is -0.141. The van der Waals surface area contributed by atoms with Crippen LogP contribution in [0, 0.1) is 6.92 Å². The van der Waals surface area contributed by atoms with Crippen LogP contribution in [0.15, 0.2) is 24.5 Å². The van der Waals surface area contributed by atoms with E-state index in [0.29, 0.717) is 23.6 Å². The molecule has 0 bridgehead atoms. The van der Waals surface area contributed by atoms with Gasteiger partial charge >= 0.3 is 12.2 Å². The quantitative estimate of drug-likeness (QED) is 0.565. The van der Waals surface area contributed by atoms with Gasteiger partial charge in [0.1, 0.15) is 5.02 Å². The van der Waals surface area contributed by atoms with Gasteiger partial charge in [0.05, 0.1) is 42.0 Å². The van der Waals surface area contributed by atoms with Crippen LogP contribution in [0.4, 0.5) is 23.7 Å². The number of hydrogen-bond acceptors (Lipinski definition) is 6. The molecule has 0 aliphatic carbocycles. The monoisotopic (exact) mass is 469 g/mol. The molecule has 2 N–H and O–H groups in total. The van der Waals surface area contributed by atoms with Gasteiger partial charge in [-0.3, -0.25) is 4.68 Å². The number of aryl methyl sites for hydroxylation is 2. The molecule has 13 heteroatoms. The summed E-state index contributed by atoms with van der Waals surface area (Å²) in [6.45, 7) is 3.80. The second kappa shape index (κ2) is 9.39. The van der Waals surface area contributed by atoms with Gasteiger partial charge < -0.3 is 15.4 Å². The zero-order valence-electron chi connectivity index (χ0n) is 17.3. The third kappa shape index (κ3) is 5.44. The average molecular weight is 470 g/mol. The predicted molar refractivity (Wildman–Crippen MR) is 110 cm³/mol. The van der Waals surface area contributed by atoms with Crippen molar-refractivity contribution in [2.75, 3.05) is 11.9 Å². The minimum Gasteiger partial charge on any atom is -0.477 e. The summed E-state index contributed by atoms with van der Waals surface area (Å²) in [4.78, 5) is 16.1. The summed E-state index contributed by atoms with van der Waals surface area (Å²) < 4.78 is 46.0. The molecule has 32 heavy (non-hydrogen) atoms. The van der Waals surface area contributed by atoms with Crippen molar-refractivity contribution in [3.8, 4) is 17.1 Å². The number of halogens is 4. The van der Waals surface area contributed by atoms with Gasteiger partial charge in [-0.1, -0.05) is 11.6 Å². The van der Waals surface area contributed by atoms with E-state index in [1.54, 1.807) is 19.9 Å². The molecule has 2 amide bonds. The van der Waals surface area contributed by atoms with E-state index >= 15 is 0 Å². The van der Waals surface area contributed by atoms with Gasteiger partial charge in [0.25, 0.3) is 0 Å². The lowest BCUT2D eigenvalue weighted by Gasteiger charge is -2.10. The van der Waals surface area contributed by atoms with E-state index in [1.807, 2.05) is 0 Å². The van der Waals surface area contributed by atoms with Crippen molar-refractivity contribution in [1.82, 2.24) is 30.3 Å². The molecule has 170 valence electrons. The largest absolute Gasteiger partial charge is 0.477 e. The first-order valence-corrected chi connectivity index (χ1v) is 9.74. The van der Waals surface area contributed by atoms with E-state index in [-0.39, 0.29) is 28.7 Å². The Kier molecular flexibility index (Phi) is 6.82. The number of nitrogens with one attached hydrogen (secondary N) is 2. The van der Waals surface area contributed by atoms with E-state index in [2.05, 4.69) is 30.9 Å². The number of ether oxygens (including phenoxy) is 1. The van der Waals surface area contributed by atoms with Gasteiger partial charge in [-0.25, -0.2) is 9.78 Å². The lowest BCUT2D eigenvalue weighted by Crippen LogP contribution is -2.28. The van der Waals surface area contributed by atoms with Crippen molar-refractivity contribution in [3.63, 3.8) is 0 Å². The SMILES string of the molecule is CCOc1ncc(NC(=O)NCc2cc(C)c(-c3cn(C)nc3C(F)(F)F)nn2)cc1Cl. The molecule has 3 aromatic heterocycles. The minimum absolute atomic E-state index is 0.00267. The van der Waals surface area contributed by atoms with Crippen LogP contribution in [-0.4, -0.2) is 37.6 Å². The fourth-order valence-electron chi connectivity index (χ4n) is 2.85. The lowest BCUT2D eigenvalue weighted by atomic mass is 10.1. The van der Waals surface area contributed by atoms with Gasteiger partial charge in [0.2, 0.25) is 5.88 Å². The van der Waals surface area contributed by atoms with Crippen molar-refractivity contribution < 1.29 is 22.7 Å². The molecular formula is C19H19ClF3N7O2. The van der Waals surface area contributed by atoms with Crippen LogP contribution in [0.1, 0.15) is 23.9 Å². The van der Waals surface area contributed by atoms with Crippen molar-refractivity contribution in [2.24, 2.45) is 7.05 Å². The highest BCUT2D eigenvalue weighted by Gasteiger charge is 2.38. The number of carbonyl (C=O) groups excluding carboxylic acids is 1. The van der Waals surface area contributed by atoms with E-state index < -0.39 is 17.9 Å². The summed E-state index contributed by atoms with van der Waals surface area (Å²) in [5.74, 6) is 0.258. The first kappa shape index (κ1) is 23.3. The topological polar surface area (TPSA) is 107 Å². The van der Waals surface area contributed by atoms with E-state index in [0.717, 1.165) is 4.68 Å². The average Bonchev–Trinajstić information content (AvgIpc) is 3.10. The van der Waals surface area contributed by atoms with E-state index in [4.69, 9.17) is 16.3 Å². The second-order valence-corrected chi connectivity index (χ2v) is 7.09. The van der Waals surface area contributed by atoms with Crippen molar-refractivity contribution in [3.05, 3.63) is 46.5 Å². The molecule has 9 nitrogen and oxygen atoms in total. The molecule has 3 rings (SSSR count). The number of rotatable bonds is 6. The first-order chi connectivity index (χ1) is 15.1. The highest BCUT2D eigenvalue weighted by Crippen LogP contribution is 2.36. The van der Waals surface area contributed by atoms with Gasteiger partial charge in [-0.05, 0) is 31.5 Å². The fraction of sp³-hybridized carbons (Fsp3) is 0.316. The molecule has 0 aliphatic heterocycles. The van der Waals surface area contributed by atoms with E-state index in [1.165, 1.54) is 25.5 Å². The van der Waals surface area contributed by atoms with Crippen LogP contribution in [0.25, 0.3) is 11.3 Å². The fourth-order valence-corrected chi connectivity index (χ4v) is 3.07. The molecule has 0 saturated heterocycles. The Morgan fingerprint density at radius 2 is 2.03 bits per heavy atom. The number of urea groups is 1. The summed E-state index contributed by atoms with van der Waals surface area (Å²) in [5.41, 5.74) is 0.0332. The van der Waals surface area contributed by atoms with Crippen molar-refractivity contribution >= 4 is 23.3 Å². The Bertz CT molecular complexity index is 1130. The third-order valence-corrected chi connectivity index (χ3v) is 4.43. The first-order valence-electron chi connectivity index (χ1n) is 9.36. The van der Waals surface area contributed by atoms with Gasteiger partial charge in [0, 0.05) is 13.2 Å². The summed E-state index contributed by atoms with van der Waals surface area (Å²) in [6, 6.07) is 2.48. The molecule has 3 aromatic rings. The van der Waals surface area contributed by atoms with E-state index in [9.17, 15) is 18.0 Å². The Balaban J connectivity index is 1.67. The number of hydrogen-bond donors (Lipinski definition) is 2. The smallest absolute Gasteiger partial charge is 0.435 e. The Hall–Kier alpha value is -3.41. The summed E-state index contributed by atoms with van der Waals surface area (Å²) in [7, 11) is 1.39. The maximum atomic E-state index is 13.2. The van der Waals surface area contributed by atoms with Crippen LogP contribution in [0.2, 0.25) is 5.02 Å². The highest BCUT2D eigenvalue weighted by molar-refractivity contribution is 6.32. The van der Waals surface area contributed by atoms with Gasteiger partial charge in [-0.15, -0.1) is 5.10 Å². The van der Waals surface area contributed by atoms with Crippen LogP contribution in [0.5, 0.6) is 5.88 Å². The number of alkyl halides is 3. The maximum Gasteiger partial charge on any atom is 0.435 e. The molecule has 0 atom stereocenters. The zero-order valence-corrected chi connectivity index (χ0v) is 18.0. The molecule has 0 aromatic carbocycles. The van der Waals surface area contributed by atoms with Crippen LogP contribution >= 0.6 is 11.6 Å². The molecule has 3 heterocycles. The Morgan fingerprint density at radius 1 is 1.28 bits per heavy atom. The minimum atomic E-state index is -4.62. The summed E-state index contributed by atoms with van der Waals surface area (Å²) >= 11 is 6.03. The van der Waals surface area contributed by atoms with Crippen molar-refractivity contribution in [2.45, 2.75) is 26.6 Å². The summed E-state index contributed by atoms with van der Waals surface area (Å²) in [5, 5.41) is 16.7. The van der Waals surface area contributed by atoms with Gasteiger partial charge in [-0.2, -0.15) is 23.4 Å². The maximum absolute atomic E-state index is 13.2. The van der Waals surface area contributed by atoms with Crippen LogP contribution < -0.4 is 15.4 Å². The Morgan fingerprint density at radius 3 is 2.66 bits per heavy atom. The molecule has 0 spiro atoms. The normalized spacial score (nSPS) is 11.3. The molecule has 0 unspecified atom stereocenters. The zero-order chi connectivity index (χ0) is 23.5. The number of amides is 2. The second-order valence-electron chi connectivity index (χ2n) is 6.68. The summed E-state index contributed by atoms with van der Waals surface area (Å²) in [6.07, 6.45) is -2.00. The molecule has 0 fully saturated rings. The number of pyridine rings is 1. The molecule has 0 aliphatic rings. The number of aromatic nitrogens is 5. The number of anilines is 1. The number of carbonyl (C=O) groups is 1. The standard InChI is InChI=1S/C19H19ClF3N7O2/c1-4-32-17-14(20)6-11(7-24-17)26-18(31)25-8-12-5-10(2)15(28-27-12)13-9-30(3)29-16(13)19(21,22)23/h5-7,9H,4,8H2,1-3H3,(H2,25,26,31).